The Hall–Kier alpha value is -1.06. The molecule has 0 spiro atoms. The zero-order valence-corrected chi connectivity index (χ0v) is 15.4. The second-order valence-electron chi connectivity index (χ2n) is 6.69. The Labute approximate surface area is 149 Å². The Morgan fingerprint density at radius 3 is 2.64 bits per heavy atom. The van der Waals surface area contributed by atoms with Gasteiger partial charge in [-0.2, -0.15) is 8.78 Å². The third-order valence-corrected chi connectivity index (χ3v) is 8.76. The number of thiophene rings is 1. The molecule has 0 radical (unpaired) electrons. The molecule has 1 amide bonds. The first-order chi connectivity index (χ1) is 11.8. The number of halogens is 2. The molecule has 2 atom stereocenters. The third kappa shape index (κ3) is 3.88. The minimum absolute atomic E-state index is 0.135. The summed E-state index contributed by atoms with van der Waals surface area (Å²) in [7, 11) is -3.31. The Morgan fingerprint density at radius 1 is 1.32 bits per heavy atom. The molecule has 1 N–H and O–H groups in total. The van der Waals surface area contributed by atoms with Crippen LogP contribution in [0.3, 0.4) is 0 Å². The molecule has 2 aliphatic rings. The topological polar surface area (TPSA) is 72.5 Å². The lowest BCUT2D eigenvalue weighted by Crippen LogP contribution is -2.40. The zero-order chi connectivity index (χ0) is 18.2. The van der Waals surface area contributed by atoms with E-state index in [1.807, 2.05) is 0 Å². The van der Waals surface area contributed by atoms with Gasteiger partial charge in [-0.25, -0.2) is 8.42 Å². The molecule has 3 rings (SSSR count). The van der Waals surface area contributed by atoms with Crippen molar-refractivity contribution in [3.63, 3.8) is 0 Å². The molecule has 0 unspecified atom stereocenters. The first-order valence-corrected chi connectivity index (χ1v) is 10.8. The highest BCUT2D eigenvalue weighted by Gasteiger charge is 2.39. The monoisotopic (exact) mass is 393 g/mol. The minimum Gasteiger partial charge on any atom is -0.349 e. The molecule has 0 aromatic carbocycles. The van der Waals surface area contributed by atoms with Gasteiger partial charge in [0.05, 0.1) is 17.4 Å². The molecule has 2 heterocycles. The highest BCUT2D eigenvalue weighted by Crippen LogP contribution is 2.40. The molecule has 0 bridgehead atoms. The van der Waals surface area contributed by atoms with Crippen molar-refractivity contribution in [1.29, 1.82) is 0 Å². The lowest BCUT2D eigenvalue weighted by Gasteiger charge is -2.31. The number of amides is 1. The van der Waals surface area contributed by atoms with Crippen molar-refractivity contribution in [2.45, 2.75) is 67.2 Å². The Balaban J connectivity index is 1.63. The van der Waals surface area contributed by atoms with Crippen molar-refractivity contribution >= 4 is 27.1 Å². The fourth-order valence-electron chi connectivity index (χ4n) is 3.60. The molecule has 1 aromatic rings. The summed E-state index contributed by atoms with van der Waals surface area (Å²) >= 11 is 1.18. The highest BCUT2D eigenvalue weighted by molar-refractivity contribution is 7.94. The van der Waals surface area contributed by atoms with Crippen LogP contribution in [0.25, 0.3) is 0 Å². The van der Waals surface area contributed by atoms with Gasteiger partial charge < -0.3 is 10.1 Å². The minimum atomic E-state index is -3.31. The summed E-state index contributed by atoms with van der Waals surface area (Å²) in [4.78, 5) is 12.5. The van der Waals surface area contributed by atoms with Crippen LogP contribution in [0.5, 0.6) is 0 Å². The van der Waals surface area contributed by atoms with Crippen molar-refractivity contribution in [3.05, 3.63) is 17.0 Å². The quantitative estimate of drug-likeness (QED) is 0.852. The van der Waals surface area contributed by atoms with Gasteiger partial charge in [-0.3, -0.25) is 4.79 Å². The molecule has 1 aliphatic carbocycles. The fraction of sp³-hybridized carbons (Fsp3) is 0.688. The number of ether oxygens (including phenoxy) is 1. The second kappa shape index (κ2) is 7.28. The van der Waals surface area contributed by atoms with E-state index in [0.29, 0.717) is 41.9 Å². The van der Waals surface area contributed by atoms with Crippen LogP contribution in [0.15, 0.2) is 15.7 Å². The molecule has 1 fully saturated rings. The summed E-state index contributed by atoms with van der Waals surface area (Å²) in [5, 5.41) is 4.16. The van der Waals surface area contributed by atoms with E-state index in [0.717, 1.165) is 0 Å². The largest absolute Gasteiger partial charge is 0.349 e. The maximum atomic E-state index is 12.5. The van der Waals surface area contributed by atoms with E-state index < -0.39 is 27.8 Å². The van der Waals surface area contributed by atoms with E-state index in [1.165, 1.54) is 11.3 Å². The lowest BCUT2D eigenvalue weighted by molar-refractivity contribution is -0.172. The van der Waals surface area contributed by atoms with E-state index in [1.54, 1.807) is 18.4 Å². The summed E-state index contributed by atoms with van der Waals surface area (Å²) in [6.45, 7) is -1.12. The van der Waals surface area contributed by atoms with E-state index in [-0.39, 0.29) is 17.9 Å². The number of nitrogens with one attached hydrogen (secondary N) is 1. The van der Waals surface area contributed by atoms with Crippen LogP contribution in [0.4, 0.5) is 8.78 Å². The number of alkyl halides is 2. The van der Waals surface area contributed by atoms with Crippen molar-refractivity contribution < 1.29 is 26.7 Å². The SMILES string of the molecule is C[C@H]1C[C@H](NC(=O)C2CCC(OC(F)F)CC2)c2ccsc2S1(=O)=O. The predicted octanol–water partition coefficient (Wildman–Crippen LogP) is 3.27. The van der Waals surface area contributed by atoms with Crippen molar-refractivity contribution in [2.75, 3.05) is 0 Å². The first kappa shape index (κ1) is 18.7. The van der Waals surface area contributed by atoms with Crippen molar-refractivity contribution in [3.8, 4) is 0 Å². The van der Waals surface area contributed by atoms with E-state index >= 15 is 0 Å². The van der Waals surface area contributed by atoms with Gasteiger partial charge in [0.2, 0.25) is 5.91 Å². The number of carbonyl (C=O) groups excluding carboxylic acids is 1. The van der Waals surface area contributed by atoms with E-state index in [2.05, 4.69) is 10.1 Å². The average Bonchev–Trinajstić information content (AvgIpc) is 3.04. The van der Waals surface area contributed by atoms with Gasteiger partial charge in [0.15, 0.2) is 9.84 Å². The average molecular weight is 393 g/mol. The van der Waals surface area contributed by atoms with Gasteiger partial charge in [0, 0.05) is 11.5 Å². The molecule has 140 valence electrons. The second-order valence-corrected chi connectivity index (χ2v) is 10.2. The Kier molecular flexibility index (Phi) is 5.45. The number of fused-ring (bicyclic) bond motifs is 1. The predicted molar refractivity (Wildman–Crippen MR) is 89.3 cm³/mol. The van der Waals surface area contributed by atoms with Crippen LogP contribution in [0.1, 0.15) is 50.6 Å². The maximum Gasteiger partial charge on any atom is 0.345 e. The van der Waals surface area contributed by atoms with Gasteiger partial charge in [-0.1, -0.05) is 0 Å². The normalized spacial score (nSPS) is 31.5. The highest BCUT2D eigenvalue weighted by atomic mass is 32.2. The molecule has 25 heavy (non-hydrogen) atoms. The Morgan fingerprint density at radius 2 is 2.00 bits per heavy atom. The molecular weight excluding hydrogens is 372 g/mol. The first-order valence-electron chi connectivity index (χ1n) is 8.34. The molecular formula is C16H21F2NO4S2. The van der Waals surface area contributed by atoms with Gasteiger partial charge in [0.1, 0.15) is 4.21 Å². The maximum absolute atomic E-state index is 12.5. The van der Waals surface area contributed by atoms with E-state index in [4.69, 9.17) is 0 Å². The van der Waals surface area contributed by atoms with Crippen LogP contribution in [-0.2, 0) is 19.4 Å². The summed E-state index contributed by atoms with van der Waals surface area (Å²) in [5.74, 6) is -0.377. The molecule has 1 aliphatic heterocycles. The van der Waals surface area contributed by atoms with Crippen molar-refractivity contribution in [1.82, 2.24) is 5.32 Å². The third-order valence-electron chi connectivity index (χ3n) is 5.05. The van der Waals surface area contributed by atoms with E-state index in [9.17, 15) is 22.0 Å². The summed E-state index contributed by atoms with van der Waals surface area (Å²) < 4.78 is 54.0. The number of hydrogen-bond donors (Lipinski definition) is 1. The molecule has 9 heteroatoms. The molecule has 0 saturated heterocycles. The molecule has 1 saturated carbocycles. The van der Waals surface area contributed by atoms with Crippen LogP contribution in [0.2, 0.25) is 0 Å². The summed E-state index contributed by atoms with van der Waals surface area (Å²) in [6, 6.07) is 1.43. The van der Waals surface area contributed by atoms with Crippen molar-refractivity contribution in [2.24, 2.45) is 5.92 Å². The zero-order valence-electron chi connectivity index (χ0n) is 13.8. The number of rotatable bonds is 4. The number of sulfone groups is 1. The summed E-state index contributed by atoms with van der Waals surface area (Å²) in [6.07, 6.45) is 1.72. The lowest BCUT2D eigenvalue weighted by atomic mass is 9.86. The number of hydrogen-bond acceptors (Lipinski definition) is 5. The molecule has 1 aromatic heterocycles. The van der Waals surface area contributed by atoms with Crippen LogP contribution in [0, 0.1) is 5.92 Å². The van der Waals surface area contributed by atoms with Gasteiger partial charge in [0.25, 0.3) is 0 Å². The van der Waals surface area contributed by atoms with Crippen LogP contribution in [-0.4, -0.2) is 32.3 Å². The van der Waals surface area contributed by atoms with Crippen LogP contribution >= 0.6 is 11.3 Å². The Bertz CT molecular complexity index is 726. The van der Waals surface area contributed by atoms with Gasteiger partial charge in [-0.05, 0) is 50.5 Å². The summed E-state index contributed by atoms with van der Waals surface area (Å²) in [5.41, 5.74) is 0.658. The van der Waals surface area contributed by atoms with Gasteiger partial charge >= 0.3 is 6.61 Å². The standard InChI is InChI=1S/C16H21F2NO4S2/c1-9-8-13(12-6-7-24-15(12)25(9,21)22)19-14(20)10-2-4-11(5-3-10)23-16(17)18/h6-7,9-11,13,16H,2-5,8H2,1H3,(H,19,20)/t9-,10?,11?,13-/m0/s1. The smallest absolute Gasteiger partial charge is 0.345 e. The fourth-order valence-corrected chi connectivity index (χ4v) is 6.83. The molecule has 5 nitrogen and oxygen atoms in total. The number of carbonyl (C=O) groups is 1. The van der Waals surface area contributed by atoms with Gasteiger partial charge in [-0.15, -0.1) is 11.3 Å². The van der Waals surface area contributed by atoms with Crippen LogP contribution < -0.4 is 5.32 Å².